The van der Waals surface area contributed by atoms with Gasteiger partial charge in [-0.3, -0.25) is 0 Å². The summed E-state index contributed by atoms with van der Waals surface area (Å²) in [4.78, 5) is 0. The second-order valence-corrected chi connectivity index (χ2v) is 7.96. The molecule has 0 N–H and O–H groups in total. The fourth-order valence-electron chi connectivity index (χ4n) is 1.15. The summed E-state index contributed by atoms with van der Waals surface area (Å²) in [6, 6.07) is 36.0. The molecular weight excluding hydrogens is 461 g/mol. The first-order valence-corrected chi connectivity index (χ1v) is 10.5. The van der Waals surface area contributed by atoms with Gasteiger partial charge in [-0.1, -0.05) is 109 Å². The van der Waals surface area contributed by atoms with Gasteiger partial charge in [0.15, 0.2) is 0 Å². The average molecular weight is 489 g/mol. The summed E-state index contributed by atoms with van der Waals surface area (Å²) in [5, 5.41) is 0. The third-order valence-electron chi connectivity index (χ3n) is 2.00. The van der Waals surface area contributed by atoms with E-state index in [1.807, 2.05) is 109 Å². The summed E-state index contributed by atoms with van der Waals surface area (Å²) < 4.78 is 0. The maximum Gasteiger partial charge on any atom is 2.00 e. The Morgan fingerprint density at radius 3 is 0.417 bits per heavy atom. The Bertz CT molecular complexity index is 346. The van der Waals surface area contributed by atoms with Gasteiger partial charge in [0.1, 0.15) is 0 Å². The maximum absolute atomic E-state index is 2.27. The largest absolute Gasteiger partial charge is 2.00 e. The van der Waals surface area contributed by atoms with Gasteiger partial charge in [-0.05, 0) is 7.92 Å². The summed E-state index contributed by atoms with van der Waals surface area (Å²) in [5.74, 6) is 0. The fourth-order valence-corrected chi connectivity index (χ4v) is 1.15. The van der Waals surface area contributed by atoms with Gasteiger partial charge in [0.2, 0.25) is 0 Å². The van der Waals surface area contributed by atoms with Crippen LogP contribution in [-0.4, -0.2) is 43.9 Å². The zero-order valence-electron chi connectivity index (χ0n) is 14.7. The molecule has 0 saturated carbocycles. The zero-order valence-corrected chi connectivity index (χ0v) is 19.6. The molecule has 3 heteroatoms. The molecule has 0 spiro atoms. The van der Waals surface area contributed by atoms with Crippen molar-refractivity contribution in [2.75, 3.05) is 20.0 Å². The van der Waals surface area contributed by atoms with E-state index >= 15 is 0 Å². The monoisotopic (exact) mass is 490 g/mol. The minimum atomic E-state index is 0. The van der Waals surface area contributed by atoms with E-state index in [0.29, 0.717) is 0 Å². The van der Waals surface area contributed by atoms with Crippen molar-refractivity contribution in [1.82, 2.24) is 0 Å². The molecule has 0 unspecified atom stereocenters. The summed E-state index contributed by atoms with van der Waals surface area (Å²) in [6.45, 7) is 6.81. The molecule has 0 saturated heterocycles. The van der Waals surface area contributed by atoms with Crippen molar-refractivity contribution < 1.29 is 16.8 Å². The first-order valence-electron chi connectivity index (χ1n) is 7.50. The van der Waals surface area contributed by atoms with Crippen molar-refractivity contribution in [2.24, 2.45) is 0 Å². The third-order valence-corrected chi connectivity index (χ3v) is 2.00. The summed E-state index contributed by atoms with van der Waals surface area (Å²) in [7, 11) is 0.120. The molecule has 24 heavy (non-hydrogen) atoms. The van der Waals surface area contributed by atoms with Gasteiger partial charge in [0.05, 0.1) is 0 Å². The van der Waals surface area contributed by atoms with Crippen molar-refractivity contribution in [2.45, 2.75) is 0 Å². The van der Waals surface area contributed by atoms with E-state index in [1.54, 1.807) is 0 Å². The molecule has 0 amide bonds. The van der Waals surface area contributed by atoms with Crippen LogP contribution in [0.2, 0.25) is 0 Å². The Labute approximate surface area is 177 Å². The molecule has 0 fully saturated rings. The normalized spacial score (nSPS) is 7.50. The van der Waals surface area contributed by atoms with Crippen molar-refractivity contribution in [3.05, 3.63) is 109 Å². The SMILES string of the molecule is C[PH+](C)C.[Co+2].[Sn].c1ccccc1.c1ccccc1.c1ccccc1. The molecule has 0 aromatic heterocycles. The van der Waals surface area contributed by atoms with Gasteiger partial charge in [-0.15, -0.1) is 0 Å². The molecule has 0 heterocycles. The maximum atomic E-state index is 2.27. The molecule has 5 radical (unpaired) electrons. The first kappa shape index (κ1) is 28.2. The predicted molar refractivity (Wildman–Crippen MR) is 111 cm³/mol. The second kappa shape index (κ2) is 24.6. The third kappa shape index (κ3) is 29.4. The molecule has 0 atom stereocenters. The molecule has 0 aliphatic rings. The minimum Gasteiger partial charge on any atom is -0.0623 e. The van der Waals surface area contributed by atoms with Crippen LogP contribution in [-0.2, 0) is 16.8 Å². The van der Waals surface area contributed by atoms with Crippen LogP contribution in [0.25, 0.3) is 0 Å². The predicted octanol–water partition coefficient (Wildman–Crippen LogP) is 5.77. The Morgan fingerprint density at radius 1 is 0.333 bits per heavy atom. The van der Waals surface area contributed by atoms with Crippen LogP contribution >= 0.6 is 7.92 Å². The van der Waals surface area contributed by atoms with Crippen LogP contribution < -0.4 is 0 Å². The number of rotatable bonds is 0. The quantitative estimate of drug-likeness (QED) is 0.278. The first-order chi connectivity index (χ1) is 10.7. The van der Waals surface area contributed by atoms with E-state index in [0.717, 1.165) is 0 Å². The van der Waals surface area contributed by atoms with Crippen molar-refractivity contribution in [1.29, 1.82) is 0 Å². The molecule has 3 rings (SSSR count). The smallest absolute Gasteiger partial charge is 0.0623 e. The van der Waals surface area contributed by atoms with Crippen LogP contribution in [0.3, 0.4) is 0 Å². The Morgan fingerprint density at radius 2 is 0.375 bits per heavy atom. The van der Waals surface area contributed by atoms with E-state index in [1.165, 1.54) is 0 Å². The van der Waals surface area contributed by atoms with Gasteiger partial charge in [0.25, 0.3) is 0 Å². The van der Waals surface area contributed by atoms with Crippen LogP contribution in [0.5, 0.6) is 0 Å². The van der Waals surface area contributed by atoms with E-state index in [2.05, 4.69) is 20.0 Å². The van der Waals surface area contributed by atoms with E-state index < -0.39 is 0 Å². The van der Waals surface area contributed by atoms with E-state index in [9.17, 15) is 0 Å². The summed E-state index contributed by atoms with van der Waals surface area (Å²) in [5.41, 5.74) is 0. The van der Waals surface area contributed by atoms with Crippen molar-refractivity contribution >= 4 is 31.8 Å². The van der Waals surface area contributed by atoms with Crippen molar-refractivity contribution in [3.63, 3.8) is 0 Å². The van der Waals surface area contributed by atoms with Crippen LogP contribution in [0.4, 0.5) is 0 Å². The zero-order chi connectivity index (χ0) is 16.3. The standard InChI is InChI=1S/3C6H6.C3H9P.Co.Sn/c3*1-2-4-6-5-3-1;1-4(2)3;;/h3*1-6H;1-3H3;;/q;;;;+2;/p+1. The number of hydrogen-bond donors (Lipinski definition) is 0. The summed E-state index contributed by atoms with van der Waals surface area (Å²) >= 11 is 0. The molecule has 3 aromatic rings. The van der Waals surface area contributed by atoms with Gasteiger partial charge in [0, 0.05) is 43.9 Å². The van der Waals surface area contributed by atoms with Crippen LogP contribution in [0.15, 0.2) is 109 Å². The van der Waals surface area contributed by atoms with E-state index in [4.69, 9.17) is 0 Å². The number of benzene rings is 3. The van der Waals surface area contributed by atoms with E-state index in [-0.39, 0.29) is 48.6 Å². The average Bonchev–Trinajstić information content (AvgIpc) is 2.60. The Hall–Kier alpha value is -0.605. The number of hydrogen-bond acceptors (Lipinski definition) is 0. The Kier molecular flexibility index (Phi) is 29.0. The van der Waals surface area contributed by atoms with Gasteiger partial charge < -0.3 is 0 Å². The van der Waals surface area contributed by atoms with Crippen molar-refractivity contribution in [3.8, 4) is 0 Å². The molecule has 0 aliphatic carbocycles. The molecule has 127 valence electrons. The molecular formula is C21H28CoPSn+3. The second-order valence-electron chi connectivity index (χ2n) is 4.96. The minimum absolute atomic E-state index is 0. The van der Waals surface area contributed by atoms with Gasteiger partial charge in [-0.25, -0.2) is 0 Å². The Balaban J connectivity index is -0.000000241. The molecule has 3 aromatic carbocycles. The van der Waals surface area contributed by atoms with Gasteiger partial charge >= 0.3 is 16.8 Å². The topological polar surface area (TPSA) is 0 Å². The van der Waals surface area contributed by atoms with Crippen LogP contribution in [0.1, 0.15) is 0 Å². The molecule has 0 nitrogen and oxygen atoms in total. The van der Waals surface area contributed by atoms with Crippen LogP contribution in [0, 0.1) is 0 Å². The molecule has 0 bridgehead atoms. The van der Waals surface area contributed by atoms with Gasteiger partial charge in [-0.2, -0.15) is 0 Å². The fraction of sp³-hybridized carbons (Fsp3) is 0.143. The summed E-state index contributed by atoms with van der Waals surface area (Å²) in [6.07, 6.45) is 0. The molecule has 0 aliphatic heterocycles.